The fourth-order valence-electron chi connectivity index (χ4n) is 4.13. The second-order valence-corrected chi connectivity index (χ2v) is 5.98. The molecule has 0 radical (unpaired) electrons. The van der Waals surface area contributed by atoms with Gasteiger partial charge in [0.25, 0.3) is 0 Å². The van der Waals surface area contributed by atoms with Gasteiger partial charge in [0, 0.05) is 12.0 Å². The lowest BCUT2D eigenvalue weighted by atomic mass is 9.83. The number of imide groups is 1. The minimum Gasteiger partial charge on any atom is -0.282 e. The van der Waals surface area contributed by atoms with Crippen LogP contribution in [0.25, 0.3) is 0 Å². The highest BCUT2D eigenvalue weighted by Gasteiger charge is 2.78. The molecule has 110 valence electrons. The van der Waals surface area contributed by atoms with Crippen LogP contribution in [0.5, 0.6) is 0 Å². The third kappa shape index (κ3) is 1.46. The van der Waals surface area contributed by atoms with E-state index in [2.05, 4.69) is 0 Å². The molecule has 22 heavy (non-hydrogen) atoms. The molecule has 0 bridgehead atoms. The second-order valence-electron chi connectivity index (χ2n) is 5.98. The number of likely N-dealkylation sites (tertiary alicyclic amines) is 1. The van der Waals surface area contributed by atoms with Crippen molar-refractivity contribution in [2.24, 2.45) is 11.8 Å². The van der Waals surface area contributed by atoms with E-state index in [9.17, 15) is 9.59 Å². The van der Waals surface area contributed by atoms with Gasteiger partial charge in [-0.3, -0.25) is 14.5 Å². The van der Waals surface area contributed by atoms with Crippen molar-refractivity contribution < 1.29 is 9.59 Å². The van der Waals surface area contributed by atoms with Crippen molar-refractivity contribution in [3.8, 4) is 0 Å². The van der Waals surface area contributed by atoms with Crippen molar-refractivity contribution in [1.29, 1.82) is 0 Å². The van der Waals surface area contributed by atoms with E-state index in [1.807, 2.05) is 67.6 Å². The Balaban J connectivity index is 1.89. The fourth-order valence-corrected chi connectivity index (χ4v) is 4.13. The highest BCUT2D eigenvalue weighted by molar-refractivity contribution is 6.12. The molecule has 2 amide bonds. The summed E-state index contributed by atoms with van der Waals surface area (Å²) in [4.78, 5) is 26.7. The second kappa shape index (κ2) is 4.54. The maximum atomic E-state index is 12.7. The molecule has 1 aliphatic heterocycles. The molecule has 1 saturated carbocycles. The highest BCUT2D eigenvalue weighted by atomic mass is 16.2. The van der Waals surface area contributed by atoms with Crippen LogP contribution in [0.2, 0.25) is 0 Å². The molecule has 0 unspecified atom stereocenters. The van der Waals surface area contributed by atoms with E-state index in [0.717, 1.165) is 11.1 Å². The van der Waals surface area contributed by atoms with Crippen LogP contribution in [0.1, 0.15) is 18.1 Å². The van der Waals surface area contributed by atoms with Crippen molar-refractivity contribution in [1.82, 2.24) is 4.90 Å². The van der Waals surface area contributed by atoms with Gasteiger partial charge in [-0.15, -0.1) is 0 Å². The largest absolute Gasteiger partial charge is 0.282 e. The number of nitrogens with zero attached hydrogens (tertiary/aromatic N) is 1. The zero-order valence-electron chi connectivity index (χ0n) is 12.4. The summed E-state index contributed by atoms with van der Waals surface area (Å²) in [5, 5.41) is 0. The smallest absolute Gasteiger partial charge is 0.234 e. The number of hydrogen-bond donors (Lipinski definition) is 0. The van der Waals surface area contributed by atoms with Crippen molar-refractivity contribution in [2.45, 2.75) is 12.3 Å². The van der Waals surface area contributed by atoms with Crippen molar-refractivity contribution in [2.75, 3.05) is 6.54 Å². The van der Waals surface area contributed by atoms with Crippen LogP contribution in [0.4, 0.5) is 0 Å². The topological polar surface area (TPSA) is 37.4 Å². The molecule has 0 N–H and O–H groups in total. The van der Waals surface area contributed by atoms with Crippen LogP contribution in [0.3, 0.4) is 0 Å². The summed E-state index contributed by atoms with van der Waals surface area (Å²) in [6, 6.07) is 19.9. The summed E-state index contributed by atoms with van der Waals surface area (Å²) in [5.74, 6) is -0.537. The van der Waals surface area contributed by atoms with Gasteiger partial charge >= 0.3 is 0 Å². The monoisotopic (exact) mass is 291 g/mol. The Morgan fingerprint density at radius 1 is 0.818 bits per heavy atom. The first-order chi connectivity index (χ1) is 10.7. The lowest BCUT2D eigenvalue weighted by molar-refractivity contribution is -0.141. The minimum atomic E-state index is -0.470. The SMILES string of the molecule is CCN1C(=O)[C@@H]2[C@@H](C1=O)C2(c1ccccc1)c1ccccc1. The van der Waals surface area contributed by atoms with Gasteiger partial charge < -0.3 is 0 Å². The van der Waals surface area contributed by atoms with Crippen molar-refractivity contribution >= 4 is 11.8 Å². The standard InChI is InChI=1S/C19H17NO2/c1-2-20-17(21)15-16(18(20)22)19(15,13-9-5-3-6-10-13)14-11-7-4-8-12-14/h3-12,15-16H,2H2,1H3/t15-,16-/m0/s1. The van der Waals surface area contributed by atoms with E-state index in [-0.39, 0.29) is 23.7 Å². The molecule has 3 heteroatoms. The van der Waals surface area contributed by atoms with Crippen LogP contribution in [0.15, 0.2) is 60.7 Å². The zero-order chi connectivity index (χ0) is 15.3. The third-order valence-electron chi connectivity index (χ3n) is 5.09. The van der Waals surface area contributed by atoms with Crippen molar-refractivity contribution in [3.05, 3.63) is 71.8 Å². The van der Waals surface area contributed by atoms with Crippen molar-refractivity contribution in [3.63, 3.8) is 0 Å². The normalized spacial score (nSPS) is 25.2. The molecule has 2 fully saturated rings. The molecule has 0 aromatic heterocycles. The van der Waals surface area contributed by atoms with E-state index in [1.165, 1.54) is 4.90 Å². The van der Waals surface area contributed by atoms with Gasteiger partial charge in [0.2, 0.25) is 11.8 Å². The summed E-state index contributed by atoms with van der Waals surface area (Å²) < 4.78 is 0. The average Bonchev–Trinajstić information content (AvgIpc) is 3.21. The lowest BCUT2D eigenvalue weighted by Crippen LogP contribution is -2.39. The number of hydrogen-bond acceptors (Lipinski definition) is 2. The molecule has 1 aliphatic carbocycles. The quantitative estimate of drug-likeness (QED) is 0.815. The summed E-state index contributed by atoms with van der Waals surface area (Å²) in [6.45, 7) is 2.32. The molecule has 1 saturated heterocycles. The van der Waals surface area contributed by atoms with Gasteiger partial charge in [-0.2, -0.15) is 0 Å². The van der Waals surface area contributed by atoms with E-state index in [1.54, 1.807) is 0 Å². The molecule has 2 atom stereocenters. The predicted octanol–water partition coefficient (Wildman–Crippen LogP) is 2.61. The Kier molecular flexibility index (Phi) is 2.73. The van der Waals surface area contributed by atoms with Crippen LogP contribution >= 0.6 is 0 Å². The molecule has 2 aliphatic rings. The van der Waals surface area contributed by atoms with Gasteiger partial charge in [-0.05, 0) is 18.1 Å². The first-order valence-corrected chi connectivity index (χ1v) is 7.69. The molecule has 2 aromatic rings. The summed E-state index contributed by atoms with van der Waals surface area (Å²) >= 11 is 0. The first-order valence-electron chi connectivity index (χ1n) is 7.69. The lowest BCUT2D eigenvalue weighted by Gasteiger charge is -2.25. The zero-order valence-corrected chi connectivity index (χ0v) is 12.4. The number of carbonyl (C=O) groups is 2. The summed E-state index contributed by atoms with van der Waals surface area (Å²) in [7, 11) is 0. The maximum Gasteiger partial charge on any atom is 0.234 e. The van der Waals surface area contributed by atoms with Gasteiger partial charge in [-0.25, -0.2) is 0 Å². The number of amides is 2. The van der Waals surface area contributed by atoms with Crippen LogP contribution in [0, 0.1) is 11.8 Å². The number of fused-ring (bicyclic) bond motifs is 1. The maximum absolute atomic E-state index is 12.7. The number of piperidine rings is 1. The molecule has 0 spiro atoms. The average molecular weight is 291 g/mol. The van der Waals surface area contributed by atoms with E-state index in [0.29, 0.717) is 6.54 Å². The molecule has 1 heterocycles. The van der Waals surface area contributed by atoms with Crippen LogP contribution in [-0.2, 0) is 15.0 Å². The van der Waals surface area contributed by atoms with Crippen LogP contribution < -0.4 is 0 Å². The van der Waals surface area contributed by atoms with Gasteiger partial charge in [0.15, 0.2) is 0 Å². The molecular weight excluding hydrogens is 274 g/mol. The van der Waals surface area contributed by atoms with Gasteiger partial charge in [-0.1, -0.05) is 60.7 Å². The molecule has 2 aromatic carbocycles. The Hall–Kier alpha value is -2.42. The summed E-state index contributed by atoms with van der Waals surface area (Å²) in [5.41, 5.74) is 1.66. The molecule has 3 nitrogen and oxygen atoms in total. The van der Waals surface area contributed by atoms with Gasteiger partial charge in [0.05, 0.1) is 11.8 Å². The first kappa shape index (κ1) is 13.3. The predicted molar refractivity (Wildman–Crippen MR) is 83.0 cm³/mol. The van der Waals surface area contributed by atoms with E-state index in [4.69, 9.17) is 0 Å². The van der Waals surface area contributed by atoms with E-state index >= 15 is 0 Å². The minimum absolute atomic E-state index is 0.0230. The Bertz CT molecular complexity index is 675. The molecular formula is C19H17NO2. The summed E-state index contributed by atoms with van der Waals surface area (Å²) in [6.07, 6.45) is 0. The Morgan fingerprint density at radius 3 is 1.59 bits per heavy atom. The fraction of sp³-hybridized carbons (Fsp3) is 0.263. The Labute approximate surface area is 129 Å². The number of carbonyl (C=O) groups excluding carboxylic acids is 2. The number of rotatable bonds is 3. The van der Waals surface area contributed by atoms with E-state index < -0.39 is 5.41 Å². The third-order valence-corrected chi connectivity index (χ3v) is 5.09. The molecule has 4 rings (SSSR count). The van der Waals surface area contributed by atoms with Gasteiger partial charge in [0.1, 0.15) is 0 Å². The number of benzene rings is 2. The highest BCUT2D eigenvalue weighted by Crippen LogP contribution is 2.67. The van der Waals surface area contributed by atoms with Crippen LogP contribution in [-0.4, -0.2) is 23.3 Å². The Morgan fingerprint density at radius 2 is 1.23 bits per heavy atom.